The second-order valence-electron chi connectivity index (χ2n) is 8.98. The largest absolute Gasteiger partial charge is 0.293 e. The number of para-hydroxylation sites is 1. The molecule has 0 aliphatic carbocycles. The molecule has 0 atom stereocenters. The normalized spacial score (nSPS) is 11.4. The van der Waals surface area contributed by atoms with Crippen molar-refractivity contribution in [3.8, 4) is 0 Å². The van der Waals surface area contributed by atoms with Crippen LogP contribution in [0.25, 0.3) is 16.7 Å². The van der Waals surface area contributed by atoms with Gasteiger partial charge in [-0.05, 0) is 68.1 Å². The Labute approximate surface area is 207 Å². The molecule has 5 rings (SSSR count). The summed E-state index contributed by atoms with van der Waals surface area (Å²) in [4.78, 5) is 26.5. The summed E-state index contributed by atoms with van der Waals surface area (Å²) in [6.07, 6.45) is 0. The van der Waals surface area contributed by atoms with Gasteiger partial charge < -0.3 is 0 Å². The summed E-state index contributed by atoms with van der Waals surface area (Å²) in [5.74, 6) is 0.742. The molecule has 0 N–H and O–H groups in total. The number of Topliss-reactive ketones (excluding diaryl/α,β-unsaturated/α-hetero) is 1. The Morgan fingerprint density at radius 2 is 1.60 bits per heavy atom. The summed E-state index contributed by atoms with van der Waals surface area (Å²) in [6.45, 7) is 8.46. The van der Waals surface area contributed by atoms with Gasteiger partial charge in [0.2, 0.25) is 5.78 Å². The molecule has 2 aromatic heterocycles. The van der Waals surface area contributed by atoms with Gasteiger partial charge in [-0.25, -0.2) is 0 Å². The van der Waals surface area contributed by atoms with Gasteiger partial charge in [-0.3, -0.25) is 18.6 Å². The number of hydrogen-bond donors (Lipinski definition) is 0. The number of ketones is 1. The van der Waals surface area contributed by atoms with Crippen molar-refractivity contribution in [3.63, 3.8) is 0 Å². The molecule has 6 nitrogen and oxygen atoms in total. The van der Waals surface area contributed by atoms with E-state index in [1.165, 1.54) is 17.3 Å². The van der Waals surface area contributed by atoms with Crippen molar-refractivity contribution >= 4 is 34.2 Å². The van der Waals surface area contributed by atoms with Gasteiger partial charge >= 0.3 is 0 Å². The second kappa shape index (κ2) is 9.15. The molecule has 0 aliphatic rings. The lowest BCUT2D eigenvalue weighted by molar-refractivity contribution is 0.102. The first kappa shape index (κ1) is 23.1. The highest BCUT2D eigenvalue weighted by Gasteiger charge is 2.19. The zero-order valence-electron chi connectivity index (χ0n) is 20.2. The van der Waals surface area contributed by atoms with Crippen molar-refractivity contribution in [1.82, 2.24) is 19.2 Å². The minimum atomic E-state index is -0.112. The molecule has 0 bridgehead atoms. The first-order valence-corrected chi connectivity index (χ1v) is 12.5. The molecule has 0 saturated carbocycles. The minimum Gasteiger partial charge on any atom is -0.293 e. The monoisotopic (exact) mass is 482 g/mol. The number of fused-ring (bicyclic) bond motifs is 3. The summed E-state index contributed by atoms with van der Waals surface area (Å²) >= 11 is 1.34. The second-order valence-corrected chi connectivity index (χ2v) is 9.92. The van der Waals surface area contributed by atoms with E-state index in [1.807, 2.05) is 79.8 Å². The zero-order chi connectivity index (χ0) is 24.7. The van der Waals surface area contributed by atoms with E-state index in [0.29, 0.717) is 22.9 Å². The Bertz CT molecular complexity index is 1650. The van der Waals surface area contributed by atoms with Crippen LogP contribution in [0.3, 0.4) is 0 Å². The van der Waals surface area contributed by atoms with E-state index in [1.54, 1.807) is 4.57 Å². The number of rotatable bonds is 6. The van der Waals surface area contributed by atoms with E-state index in [-0.39, 0.29) is 17.1 Å². The summed E-state index contributed by atoms with van der Waals surface area (Å²) < 4.78 is 3.54. The van der Waals surface area contributed by atoms with E-state index in [4.69, 9.17) is 0 Å². The predicted octanol–water partition coefficient (Wildman–Crippen LogP) is 5.30. The van der Waals surface area contributed by atoms with E-state index >= 15 is 0 Å². The summed E-state index contributed by atoms with van der Waals surface area (Å²) in [5.41, 5.74) is 6.77. The van der Waals surface area contributed by atoms with E-state index in [0.717, 1.165) is 33.3 Å². The van der Waals surface area contributed by atoms with Gasteiger partial charge in [-0.1, -0.05) is 59.8 Å². The van der Waals surface area contributed by atoms with Crippen molar-refractivity contribution in [1.29, 1.82) is 0 Å². The first-order chi connectivity index (χ1) is 16.8. The van der Waals surface area contributed by atoms with Crippen LogP contribution in [0.1, 0.15) is 38.2 Å². The van der Waals surface area contributed by atoms with Gasteiger partial charge in [0.25, 0.3) is 5.56 Å². The summed E-state index contributed by atoms with van der Waals surface area (Å²) in [6, 6.07) is 19.6. The molecule has 0 fully saturated rings. The van der Waals surface area contributed by atoms with Gasteiger partial charge in [0.05, 0.1) is 23.2 Å². The highest BCUT2D eigenvalue weighted by molar-refractivity contribution is 7.99. The third-order valence-corrected chi connectivity index (χ3v) is 7.34. The molecule has 2 heterocycles. The van der Waals surface area contributed by atoms with Gasteiger partial charge in [0.15, 0.2) is 10.9 Å². The number of thioether (sulfide) groups is 1. The number of carbonyl (C=O) groups excluding carboxylic acids is 1. The molecule has 0 radical (unpaired) electrons. The van der Waals surface area contributed by atoms with Crippen molar-refractivity contribution in [3.05, 3.63) is 104 Å². The van der Waals surface area contributed by atoms with Gasteiger partial charge in [0, 0.05) is 5.56 Å². The minimum absolute atomic E-state index is 0.0460. The van der Waals surface area contributed by atoms with Crippen LogP contribution in [0.5, 0.6) is 0 Å². The molecule has 0 aliphatic heterocycles. The SMILES string of the molecule is Cc1ccc(Cn2c(=O)c3ccccc3n3c(SCC(=O)c4cc(C)c(C)cc4C)nnc23)cc1. The number of nitrogens with zero attached hydrogens (tertiary/aromatic N) is 4. The zero-order valence-corrected chi connectivity index (χ0v) is 21.0. The number of carbonyl (C=O) groups is 1. The Balaban J connectivity index is 1.55. The van der Waals surface area contributed by atoms with Crippen LogP contribution < -0.4 is 5.56 Å². The van der Waals surface area contributed by atoms with Crippen LogP contribution in [0, 0.1) is 27.7 Å². The Kier molecular flexibility index (Phi) is 6.03. The first-order valence-electron chi connectivity index (χ1n) is 11.5. The fraction of sp³-hybridized carbons (Fsp3) is 0.214. The van der Waals surface area contributed by atoms with Crippen LogP contribution in [0.15, 0.2) is 70.6 Å². The molecular weight excluding hydrogens is 456 g/mol. The molecule has 7 heteroatoms. The maximum Gasteiger partial charge on any atom is 0.263 e. The van der Waals surface area contributed by atoms with E-state index < -0.39 is 0 Å². The molecule has 0 spiro atoms. The molecule has 3 aromatic carbocycles. The smallest absolute Gasteiger partial charge is 0.263 e. The third kappa shape index (κ3) is 4.28. The number of hydrogen-bond acceptors (Lipinski definition) is 5. The standard InChI is InChI=1S/C28H26N4O2S/c1-17-9-11-21(12-10-17)15-31-26(34)22-7-5-6-8-24(22)32-27(31)29-30-28(32)35-16-25(33)23-14-19(3)18(2)13-20(23)4/h5-14H,15-16H2,1-4H3. The number of aryl methyl sites for hydroxylation is 4. The van der Waals surface area contributed by atoms with Crippen molar-refractivity contribution < 1.29 is 4.79 Å². The van der Waals surface area contributed by atoms with Crippen molar-refractivity contribution in [2.75, 3.05) is 5.75 Å². The van der Waals surface area contributed by atoms with Crippen LogP contribution in [-0.4, -0.2) is 30.7 Å². The Morgan fingerprint density at radius 1 is 0.886 bits per heavy atom. The van der Waals surface area contributed by atoms with Crippen LogP contribution in [0.4, 0.5) is 0 Å². The highest BCUT2D eigenvalue weighted by atomic mass is 32.2. The molecular formula is C28H26N4O2S. The lowest BCUT2D eigenvalue weighted by atomic mass is 9.99. The van der Waals surface area contributed by atoms with Gasteiger partial charge in [-0.15, -0.1) is 10.2 Å². The maximum absolute atomic E-state index is 13.4. The lowest BCUT2D eigenvalue weighted by Crippen LogP contribution is -2.24. The van der Waals surface area contributed by atoms with Crippen LogP contribution >= 0.6 is 11.8 Å². The topological polar surface area (TPSA) is 69.3 Å². The fourth-order valence-electron chi connectivity index (χ4n) is 4.31. The maximum atomic E-state index is 13.4. The lowest BCUT2D eigenvalue weighted by Gasteiger charge is -2.12. The summed E-state index contributed by atoms with van der Waals surface area (Å²) in [7, 11) is 0. The van der Waals surface area contributed by atoms with Crippen LogP contribution in [-0.2, 0) is 6.54 Å². The number of aromatic nitrogens is 4. The quantitative estimate of drug-likeness (QED) is 0.243. The Morgan fingerprint density at radius 3 is 2.37 bits per heavy atom. The molecule has 5 aromatic rings. The van der Waals surface area contributed by atoms with Crippen molar-refractivity contribution in [2.45, 2.75) is 39.4 Å². The fourth-order valence-corrected chi connectivity index (χ4v) is 5.14. The average molecular weight is 483 g/mol. The molecule has 0 unspecified atom stereocenters. The van der Waals surface area contributed by atoms with E-state index in [9.17, 15) is 9.59 Å². The number of benzene rings is 3. The van der Waals surface area contributed by atoms with Gasteiger partial charge in [-0.2, -0.15) is 0 Å². The molecule has 0 saturated heterocycles. The Hall–Kier alpha value is -3.71. The van der Waals surface area contributed by atoms with Crippen molar-refractivity contribution in [2.24, 2.45) is 0 Å². The third-order valence-electron chi connectivity index (χ3n) is 6.41. The summed E-state index contributed by atoms with van der Waals surface area (Å²) in [5, 5.41) is 9.94. The highest BCUT2D eigenvalue weighted by Crippen LogP contribution is 2.24. The molecule has 35 heavy (non-hydrogen) atoms. The van der Waals surface area contributed by atoms with Gasteiger partial charge in [0.1, 0.15) is 0 Å². The molecule has 176 valence electrons. The molecule has 0 amide bonds. The van der Waals surface area contributed by atoms with Crippen LogP contribution in [0.2, 0.25) is 0 Å². The average Bonchev–Trinajstić information content (AvgIpc) is 3.27. The predicted molar refractivity (Wildman–Crippen MR) is 141 cm³/mol. The van der Waals surface area contributed by atoms with E-state index in [2.05, 4.69) is 23.2 Å².